The normalized spacial score (nSPS) is 18.4. The van der Waals surface area contributed by atoms with Crippen molar-refractivity contribution in [2.75, 3.05) is 20.4 Å². The van der Waals surface area contributed by atoms with Crippen molar-refractivity contribution in [1.82, 2.24) is 0 Å². The van der Waals surface area contributed by atoms with Crippen LogP contribution in [0.2, 0.25) is 39.3 Å². The molecule has 0 aliphatic heterocycles. The lowest BCUT2D eigenvalue weighted by Crippen LogP contribution is -2.26. The van der Waals surface area contributed by atoms with Gasteiger partial charge < -0.3 is 18.6 Å². The van der Waals surface area contributed by atoms with Gasteiger partial charge in [0.05, 0.1) is 0 Å². The zero-order valence-corrected chi connectivity index (χ0v) is 18.0. The second kappa shape index (κ2) is 9.32. The van der Waals surface area contributed by atoms with Gasteiger partial charge in [-0.1, -0.05) is 0 Å². The summed E-state index contributed by atoms with van der Waals surface area (Å²) in [7, 11) is -12.8. The number of aliphatic hydroxyl groups is 2. The third-order valence-corrected chi connectivity index (χ3v) is 9.50. The van der Waals surface area contributed by atoms with Crippen molar-refractivity contribution < 1.29 is 45.9 Å². The predicted octanol–water partition coefficient (Wildman–Crippen LogP) is 2.83. The highest BCUT2D eigenvalue weighted by molar-refractivity contribution is 7.51. The lowest BCUT2D eigenvalue weighted by Gasteiger charge is -2.26. The van der Waals surface area contributed by atoms with E-state index in [1.807, 2.05) is 0 Å². The first-order valence-corrected chi connectivity index (χ1v) is 16.4. The molecule has 0 rings (SSSR count). The quantitative estimate of drug-likeness (QED) is 0.280. The Morgan fingerprint density at radius 3 is 1.22 bits per heavy atom. The molecule has 0 spiro atoms. The fraction of sp³-hybridized carbons (Fsp3) is 1.00. The molecular formula is C9H26O10P2Si2. The Labute approximate surface area is 138 Å². The van der Waals surface area contributed by atoms with Gasteiger partial charge in [0, 0.05) is 0 Å². The molecule has 0 saturated heterocycles. The smallest absolute Gasteiger partial charge is 0.370 e. The van der Waals surface area contributed by atoms with Crippen LogP contribution in [0.25, 0.3) is 0 Å². The highest BCUT2D eigenvalue weighted by Gasteiger charge is 2.37. The first-order valence-electron chi connectivity index (χ1n) is 6.66. The molecule has 0 heterocycles. The zero-order chi connectivity index (χ0) is 18.4. The molecule has 0 aliphatic rings. The van der Waals surface area contributed by atoms with Crippen LogP contribution in [0.15, 0.2) is 0 Å². The van der Waals surface area contributed by atoms with Crippen LogP contribution in [0.5, 0.6) is 0 Å². The molecular weight excluding hydrogens is 386 g/mol. The molecule has 0 saturated carbocycles. The molecule has 0 radical (unpaired) electrons. The molecule has 0 aromatic heterocycles. The van der Waals surface area contributed by atoms with E-state index in [1.165, 1.54) is 0 Å². The van der Waals surface area contributed by atoms with E-state index in [-0.39, 0.29) is 0 Å². The third-order valence-electron chi connectivity index (χ3n) is 1.62. The summed E-state index contributed by atoms with van der Waals surface area (Å²) in [6.45, 7) is 7.82. The summed E-state index contributed by atoms with van der Waals surface area (Å²) in [6.07, 6.45) is 0. The van der Waals surface area contributed by atoms with E-state index >= 15 is 0 Å². The lowest BCUT2D eigenvalue weighted by atomic mass is 11.6. The summed E-state index contributed by atoms with van der Waals surface area (Å²) >= 11 is 0. The van der Waals surface area contributed by atoms with Gasteiger partial charge >= 0.3 is 15.6 Å². The maximum absolute atomic E-state index is 12.3. The maximum atomic E-state index is 12.3. The number of phosphoric acid groups is 2. The standard InChI is InChI=1S/C9H26O10P2Si2/c1-22(2,3)18-20(12,14-7-10)16-9-17-21(13,15-8-11)19-23(4,5)6/h10-11H,7-9H2,1-6H3. The molecule has 140 valence electrons. The Bertz CT molecular complexity index is 407. The molecule has 14 heteroatoms. The minimum atomic E-state index is -4.09. The topological polar surface area (TPSA) is 130 Å². The van der Waals surface area contributed by atoms with E-state index in [0.29, 0.717) is 0 Å². The van der Waals surface area contributed by atoms with Gasteiger partial charge in [-0.3, -0.25) is 18.1 Å². The van der Waals surface area contributed by atoms with Gasteiger partial charge in [0.1, 0.15) is 0 Å². The Morgan fingerprint density at radius 1 is 0.696 bits per heavy atom. The second-order valence-electron chi connectivity index (χ2n) is 6.19. The number of phosphoric ester groups is 2. The number of aliphatic hydroxyl groups excluding tert-OH is 2. The van der Waals surface area contributed by atoms with Crippen molar-refractivity contribution in [1.29, 1.82) is 0 Å². The van der Waals surface area contributed by atoms with Crippen LogP contribution in [0.1, 0.15) is 0 Å². The average Bonchev–Trinajstić information content (AvgIpc) is 2.23. The van der Waals surface area contributed by atoms with Crippen molar-refractivity contribution in [3.05, 3.63) is 0 Å². The first kappa shape index (κ1) is 23.6. The fourth-order valence-electron chi connectivity index (χ4n) is 1.14. The van der Waals surface area contributed by atoms with Crippen LogP contribution in [0.3, 0.4) is 0 Å². The lowest BCUT2D eigenvalue weighted by molar-refractivity contribution is 0.00131. The summed E-state index contributed by atoms with van der Waals surface area (Å²) in [5.41, 5.74) is 0. The van der Waals surface area contributed by atoms with Gasteiger partial charge in [-0.2, -0.15) is 0 Å². The molecule has 0 fully saturated rings. The van der Waals surface area contributed by atoms with Gasteiger partial charge in [0.15, 0.2) is 37.0 Å². The van der Waals surface area contributed by atoms with Gasteiger partial charge in [0.25, 0.3) is 0 Å². The maximum Gasteiger partial charge on any atom is 0.469 e. The molecule has 0 aromatic rings. The van der Waals surface area contributed by atoms with Crippen molar-refractivity contribution in [3.8, 4) is 0 Å². The van der Waals surface area contributed by atoms with Gasteiger partial charge in [-0.05, 0) is 39.3 Å². The van der Waals surface area contributed by atoms with E-state index in [9.17, 15) is 9.13 Å². The third kappa shape index (κ3) is 11.7. The average molecular weight is 412 g/mol. The highest BCUT2D eigenvalue weighted by atomic mass is 31.2. The Hall–Kier alpha value is 0.574. The number of rotatable bonds is 12. The van der Waals surface area contributed by atoms with E-state index in [1.54, 1.807) is 39.3 Å². The monoisotopic (exact) mass is 412 g/mol. The first-order chi connectivity index (χ1) is 10.2. The largest absolute Gasteiger partial charge is 0.469 e. The van der Waals surface area contributed by atoms with E-state index in [4.69, 9.17) is 27.7 Å². The van der Waals surface area contributed by atoms with Crippen molar-refractivity contribution in [2.45, 2.75) is 39.3 Å². The summed E-state index contributed by atoms with van der Waals surface area (Å²) in [4.78, 5) is 0. The molecule has 23 heavy (non-hydrogen) atoms. The molecule has 0 aromatic carbocycles. The van der Waals surface area contributed by atoms with Crippen LogP contribution in [-0.2, 0) is 35.7 Å². The molecule has 2 atom stereocenters. The summed E-state index contributed by atoms with van der Waals surface area (Å²) in [5, 5.41) is 17.6. The van der Waals surface area contributed by atoms with Crippen molar-refractivity contribution >= 4 is 32.3 Å². The van der Waals surface area contributed by atoms with Crippen LogP contribution in [-0.4, -0.2) is 47.2 Å². The molecule has 2 N–H and O–H groups in total. The molecule has 0 aliphatic carbocycles. The summed E-state index contributed by atoms with van der Waals surface area (Å²) in [6, 6.07) is 0. The van der Waals surface area contributed by atoms with Crippen LogP contribution in [0.4, 0.5) is 0 Å². The van der Waals surface area contributed by atoms with Crippen molar-refractivity contribution in [3.63, 3.8) is 0 Å². The Balaban J connectivity index is 4.83. The van der Waals surface area contributed by atoms with Gasteiger partial charge in [-0.15, -0.1) is 0 Å². The molecule has 2 unspecified atom stereocenters. The van der Waals surface area contributed by atoms with Crippen LogP contribution >= 0.6 is 15.6 Å². The fourth-order valence-corrected chi connectivity index (χ4v) is 8.23. The SMILES string of the molecule is C[Si](C)(C)OP(=O)(OCO)OCOP(=O)(OCO)O[Si](C)(C)C. The van der Waals surface area contributed by atoms with E-state index in [0.717, 1.165) is 0 Å². The predicted molar refractivity (Wildman–Crippen MR) is 87.5 cm³/mol. The Kier molecular flexibility index (Phi) is 9.55. The molecule has 10 nitrogen and oxygen atoms in total. The zero-order valence-electron chi connectivity index (χ0n) is 14.2. The number of hydrogen-bond donors (Lipinski definition) is 2. The van der Waals surface area contributed by atoms with E-state index in [2.05, 4.69) is 9.05 Å². The van der Waals surface area contributed by atoms with Crippen LogP contribution in [0, 0.1) is 0 Å². The van der Waals surface area contributed by atoms with E-state index < -0.39 is 52.7 Å². The summed E-state index contributed by atoms with van der Waals surface area (Å²) < 4.78 is 53.9. The molecule has 0 amide bonds. The summed E-state index contributed by atoms with van der Waals surface area (Å²) in [5.74, 6) is 0. The Morgan fingerprint density at radius 2 is 1.00 bits per heavy atom. The number of hydrogen-bond acceptors (Lipinski definition) is 10. The van der Waals surface area contributed by atoms with Crippen LogP contribution < -0.4 is 0 Å². The van der Waals surface area contributed by atoms with Gasteiger partial charge in [-0.25, -0.2) is 9.13 Å². The van der Waals surface area contributed by atoms with Gasteiger partial charge in [0.2, 0.25) is 0 Å². The minimum Gasteiger partial charge on any atom is -0.370 e. The van der Waals surface area contributed by atoms with Crippen molar-refractivity contribution in [2.24, 2.45) is 0 Å². The molecule has 0 bridgehead atoms. The second-order valence-corrected chi connectivity index (χ2v) is 18.9. The minimum absolute atomic E-state index is 0.802. The highest BCUT2D eigenvalue weighted by Crippen LogP contribution is 2.55.